The largest absolute Gasteiger partial charge is 0.476 e. The number of aromatic amines is 1. The molecule has 15 nitrogen and oxygen atoms in total. The van der Waals surface area contributed by atoms with Gasteiger partial charge in [-0.3, -0.25) is 19.8 Å². The van der Waals surface area contributed by atoms with Crippen LogP contribution >= 0.6 is 11.6 Å². The fourth-order valence-electron chi connectivity index (χ4n) is 9.68. The average Bonchev–Trinajstić information content (AvgIpc) is 3.70. The van der Waals surface area contributed by atoms with Crippen LogP contribution in [0.4, 0.5) is 32.8 Å². The maximum Gasteiger partial charge on any atom is 0.293 e. The van der Waals surface area contributed by atoms with Gasteiger partial charge in [0.2, 0.25) is 5.88 Å². The number of nitrogens with one attached hydrogen (secondary N) is 3. The van der Waals surface area contributed by atoms with E-state index >= 15 is 4.39 Å². The Bertz CT molecular complexity index is 2820. The van der Waals surface area contributed by atoms with Crippen molar-refractivity contribution < 1.29 is 32.0 Å². The number of rotatable bonds is 12. The first-order valence-electron chi connectivity index (χ1n) is 22.9. The number of allylic oxidation sites excluding steroid dienone is 1. The number of ether oxygens (including phenoxy) is 2. The van der Waals surface area contributed by atoms with Crippen LogP contribution in [0.5, 0.6) is 5.88 Å². The van der Waals surface area contributed by atoms with E-state index in [1.165, 1.54) is 22.8 Å². The van der Waals surface area contributed by atoms with Crippen LogP contribution < -0.4 is 24.6 Å². The highest BCUT2D eigenvalue weighted by Crippen LogP contribution is 2.45. The molecule has 1 atom stereocenters. The third kappa shape index (κ3) is 10.1. The van der Waals surface area contributed by atoms with Crippen LogP contribution in [0, 0.1) is 15.5 Å². The predicted octanol–water partition coefficient (Wildman–Crippen LogP) is 9.27. The highest BCUT2D eigenvalue weighted by atomic mass is 35.5. The predicted molar refractivity (Wildman–Crippen MR) is 259 cm³/mol. The zero-order chi connectivity index (χ0) is 47.1. The summed E-state index contributed by atoms with van der Waals surface area (Å²) < 4.78 is 57.0. The van der Waals surface area contributed by atoms with Crippen LogP contribution in [0.3, 0.4) is 0 Å². The van der Waals surface area contributed by atoms with E-state index in [2.05, 4.69) is 50.8 Å². The molecule has 3 aliphatic heterocycles. The minimum Gasteiger partial charge on any atom is -0.476 e. The Balaban J connectivity index is 1.00. The van der Waals surface area contributed by atoms with Crippen molar-refractivity contribution in [2.45, 2.75) is 75.9 Å². The zero-order valence-electron chi connectivity index (χ0n) is 37.9. The third-order valence-corrected chi connectivity index (χ3v) is 15.2. The third-order valence-electron chi connectivity index (χ3n) is 13.7. The Hall–Kier alpha value is -5.75. The Labute approximate surface area is 394 Å². The first-order chi connectivity index (χ1) is 32.0. The Morgan fingerprint density at radius 3 is 2.49 bits per heavy atom. The van der Waals surface area contributed by atoms with E-state index in [4.69, 9.17) is 26.1 Å². The molecule has 18 heteroatoms. The molecule has 9 rings (SSSR count). The van der Waals surface area contributed by atoms with Gasteiger partial charge < -0.3 is 29.6 Å². The molecular weight excluding hydrogens is 899 g/mol. The smallest absolute Gasteiger partial charge is 0.293 e. The number of anilines is 4. The van der Waals surface area contributed by atoms with E-state index in [9.17, 15) is 23.3 Å². The summed E-state index contributed by atoms with van der Waals surface area (Å²) in [6, 6.07) is 20.4. The molecule has 1 amide bonds. The number of pyridine rings is 1. The number of sulfonamides is 1. The van der Waals surface area contributed by atoms with E-state index in [0.717, 1.165) is 80.2 Å². The number of nitro groups is 1. The Morgan fingerprint density at radius 2 is 1.75 bits per heavy atom. The molecule has 0 spiro atoms. The minimum atomic E-state index is -4.66. The van der Waals surface area contributed by atoms with Gasteiger partial charge in [-0.05, 0) is 97.3 Å². The van der Waals surface area contributed by atoms with Crippen LogP contribution in [-0.4, -0.2) is 105 Å². The number of halogens is 2. The number of carbonyl (C=O) groups is 1. The second-order valence-corrected chi connectivity index (χ2v) is 21.1. The van der Waals surface area contributed by atoms with Crippen molar-refractivity contribution in [1.82, 2.24) is 19.6 Å². The number of piperazine rings is 1. The number of nitrogens with zero attached hydrogens (tertiary/aromatic N) is 5. The second kappa shape index (κ2) is 18.7. The van der Waals surface area contributed by atoms with Crippen LogP contribution in [-0.2, 0) is 14.8 Å². The van der Waals surface area contributed by atoms with Gasteiger partial charge in [0.15, 0.2) is 0 Å². The monoisotopic (exact) mass is 954 g/mol. The number of aromatic nitrogens is 2. The van der Waals surface area contributed by atoms with E-state index < -0.39 is 37.1 Å². The van der Waals surface area contributed by atoms with Gasteiger partial charge in [0.25, 0.3) is 21.6 Å². The number of amides is 1. The summed E-state index contributed by atoms with van der Waals surface area (Å²) >= 11 is 6.27. The van der Waals surface area contributed by atoms with Gasteiger partial charge in [0, 0.05) is 106 Å². The lowest BCUT2D eigenvalue weighted by atomic mass is 9.72. The van der Waals surface area contributed by atoms with Crippen molar-refractivity contribution in [2.24, 2.45) is 5.41 Å². The van der Waals surface area contributed by atoms with E-state index in [1.54, 1.807) is 12.3 Å². The standard InChI is InChI=1S/C49H56ClFN8O7S/c1-32-14-23-66-47-44(26-34-13-18-52-45(34)54-47)58(32)42-27-37(57-21-19-56(20-22-57)30-35-12-15-48(2,3)29-40(35)33-4-6-36(50)7-5-33)8-10-39(42)46(60)55-67(63,64)38-9-11-41(43(28-38)59(61)62)53-31-49(51)16-24-65-25-17-49/h4-11,13,18,26-28,32,53H,12,14-17,19-25,29-31H2,1-3H3,(H,52,54)(H,55,60)/t32-/m0/s1. The first-order valence-corrected chi connectivity index (χ1v) is 24.8. The molecule has 67 heavy (non-hydrogen) atoms. The molecule has 4 aliphatic rings. The van der Waals surface area contributed by atoms with Gasteiger partial charge in [-0.2, -0.15) is 4.98 Å². The molecule has 2 fully saturated rings. The van der Waals surface area contributed by atoms with Crippen molar-refractivity contribution in [1.29, 1.82) is 0 Å². The first kappa shape index (κ1) is 46.4. The number of benzene rings is 3. The molecule has 354 valence electrons. The van der Waals surface area contributed by atoms with Gasteiger partial charge in [-0.25, -0.2) is 17.5 Å². The summed E-state index contributed by atoms with van der Waals surface area (Å²) in [5.74, 6) is -0.558. The highest BCUT2D eigenvalue weighted by molar-refractivity contribution is 7.90. The molecule has 1 aliphatic carbocycles. The number of nitro benzene ring substituents is 1. The maximum atomic E-state index is 15.3. The molecule has 5 heterocycles. The second-order valence-electron chi connectivity index (χ2n) is 19.0. The molecule has 0 saturated carbocycles. The van der Waals surface area contributed by atoms with E-state index in [0.29, 0.717) is 35.9 Å². The maximum absolute atomic E-state index is 15.3. The summed E-state index contributed by atoms with van der Waals surface area (Å²) in [7, 11) is -4.66. The molecule has 5 aromatic rings. The van der Waals surface area contributed by atoms with Gasteiger partial charge in [-0.15, -0.1) is 0 Å². The molecule has 2 aromatic heterocycles. The molecular formula is C49H56ClFN8O7S. The van der Waals surface area contributed by atoms with Crippen molar-refractivity contribution in [3.63, 3.8) is 0 Å². The number of hydrogen-bond donors (Lipinski definition) is 3. The molecule has 3 aromatic carbocycles. The highest BCUT2D eigenvalue weighted by Gasteiger charge is 2.35. The lowest BCUT2D eigenvalue weighted by Crippen LogP contribution is -2.47. The van der Waals surface area contributed by atoms with Gasteiger partial charge in [0.1, 0.15) is 22.7 Å². The molecule has 0 radical (unpaired) electrons. The topological polar surface area (TPSA) is 175 Å². The van der Waals surface area contributed by atoms with Crippen molar-refractivity contribution >= 4 is 72.6 Å². The quantitative estimate of drug-likeness (QED) is 0.0800. The number of carbonyl (C=O) groups excluding carboxylic acids is 1. The normalized spacial score (nSPS) is 19.9. The van der Waals surface area contributed by atoms with Crippen LogP contribution in [0.25, 0.3) is 16.6 Å². The summed E-state index contributed by atoms with van der Waals surface area (Å²) in [6.07, 6.45) is 5.77. The van der Waals surface area contributed by atoms with Crippen LogP contribution in [0.1, 0.15) is 75.2 Å². The summed E-state index contributed by atoms with van der Waals surface area (Å²) in [6.45, 7) is 11.2. The molecule has 0 unspecified atom stereocenters. The summed E-state index contributed by atoms with van der Waals surface area (Å²) in [5.41, 5.74) is 4.68. The Morgan fingerprint density at radius 1 is 0.985 bits per heavy atom. The fraction of sp³-hybridized carbons (Fsp3) is 0.429. The van der Waals surface area contributed by atoms with Gasteiger partial charge in [-0.1, -0.05) is 43.2 Å². The van der Waals surface area contributed by atoms with Crippen LogP contribution in [0.15, 0.2) is 89.5 Å². The number of H-pyrrole nitrogens is 1. The average molecular weight is 956 g/mol. The van der Waals surface area contributed by atoms with Gasteiger partial charge >= 0.3 is 0 Å². The van der Waals surface area contributed by atoms with Crippen molar-refractivity contribution in [3.05, 3.63) is 111 Å². The van der Waals surface area contributed by atoms with Crippen molar-refractivity contribution in [3.8, 4) is 5.88 Å². The zero-order valence-corrected chi connectivity index (χ0v) is 39.5. The Kier molecular flexibility index (Phi) is 13.0. The van der Waals surface area contributed by atoms with Gasteiger partial charge in [0.05, 0.1) is 27.7 Å². The number of alkyl halides is 1. The number of hydrogen-bond acceptors (Lipinski definition) is 12. The fourth-order valence-corrected chi connectivity index (χ4v) is 10.8. The van der Waals surface area contributed by atoms with E-state index in [1.807, 2.05) is 48.2 Å². The SMILES string of the molecule is C[C@H]1CCOc2nc3[nH]ccc3cc2N1c1cc(N2CCN(CC3=C(c4ccc(Cl)cc4)CC(C)(C)CC3)CC2)ccc1C(=O)NS(=O)(=O)c1ccc(NCC2(F)CCOCC2)c([N+](=O)[O-])c1. The summed E-state index contributed by atoms with van der Waals surface area (Å²) in [4.78, 5) is 40.1. The molecule has 3 N–H and O–H groups in total. The molecule has 2 saturated heterocycles. The van der Waals surface area contributed by atoms with E-state index in [-0.39, 0.29) is 55.3 Å². The lowest BCUT2D eigenvalue weighted by Gasteiger charge is -2.40. The molecule has 0 bridgehead atoms. The van der Waals surface area contributed by atoms with Crippen molar-refractivity contribution in [2.75, 3.05) is 74.2 Å². The minimum absolute atomic E-state index is 0.0449. The lowest BCUT2D eigenvalue weighted by molar-refractivity contribution is -0.384. The van der Waals surface area contributed by atoms with Crippen LogP contribution in [0.2, 0.25) is 5.02 Å². The number of fused-ring (bicyclic) bond motifs is 2. The summed E-state index contributed by atoms with van der Waals surface area (Å²) in [5, 5.41) is 16.6.